The fraction of sp³-hybridized carbons (Fsp3) is 0.0916. The zero-order valence-corrected chi connectivity index (χ0v) is 79.7. The number of para-hydroxylation sites is 10. The normalized spacial score (nSPS) is 12.9. The van der Waals surface area contributed by atoms with Crippen LogP contribution in [0.2, 0.25) is 0 Å². The summed E-state index contributed by atoms with van der Waals surface area (Å²) in [6.07, 6.45) is 0. The van der Waals surface area contributed by atoms with Gasteiger partial charge in [-0.25, -0.2) is 4.98 Å². The van der Waals surface area contributed by atoms with Gasteiger partial charge in [0.2, 0.25) is 0 Å². The first-order chi connectivity index (χ1) is 68.9. The standard InChI is InChI=1S/C54H42N4.C41H30N4.C36H22N2/c1-53(2,3)47-29-39-49-33-21-13-15-23-41(33)55(31-17-9-7-10-18-31)45(49)27-37-35-26-44-36(25-43(35)57(47)51(37)39)38-28-46-50(40-30-48(54(4,5)6)58(44)52(38)40)34-22-14-16-24-42(34)56(46)32-19-11-8-12-20-32;1-41(2,3)40-42-31-23-36-37(28-19-11-13-21-33(28)44(36)26-16-8-5-9-17-26)38-30-22-29-27-18-10-12-20-32(27)43(25-14-6-4-7-15-25)34(29)24-35(30)45(40)39(31)38;1-3-11-23(12-4-1)31-21-26-22-33-34(28-17-9-10-18-30(28)37(33)27-15-5-2-6-16-27)35-29-19-24-13-7-8-14-25(24)20-32(29)38(31)36(26)35/h7-30H,1-6H3;4-24H,1-3H3;1-22H. The summed E-state index contributed by atoms with van der Waals surface area (Å²) in [5.41, 5.74) is 34.2. The Morgan fingerprint density at radius 2 is 0.504 bits per heavy atom. The minimum atomic E-state index is -0.152. The van der Waals surface area contributed by atoms with Gasteiger partial charge in [-0.1, -0.05) is 299 Å². The third-order valence-corrected chi connectivity index (χ3v) is 30.9. The second-order valence-electron chi connectivity index (χ2n) is 42.2. The van der Waals surface area contributed by atoms with Crippen LogP contribution in [0.5, 0.6) is 0 Å². The van der Waals surface area contributed by atoms with Crippen LogP contribution in [0.25, 0.3) is 268 Å². The number of hydrogen-bond acceptors (Lipinski definition) is 1. The Labute approximate surface area is 810 Å². The van der Waals surface area contributed by atoms with Gasteiger partial charge in [0, 0.05) is 169 Å². The summed E-state index contributed by atoms with van der Waals surface area (Å²) < 4.78 is 22.4. The molecule has 0 atom stereocenters. The quantitative estimate of drug-likeness (QED) is 0.164. The number of aromatic nitrogens is 10. The van der Waals surface area contributed by atoms with Crippen molar-refractivity contribution in [2.24, 2.45) is 0 Å². The molecule has 10 heteroatoms. The van der Waals surface area contributed by atoms with Crippen LogP contribution in [0.4, 0.5) is 0 Å². The van der Waals surface area contributed by atoms with Gasteiger partial charge in [0.1, 0.15) is 5.82 Å². The fourth-order valence-electron chi connectivity index (χ4n) is 25.2. The highest BCUT2D eigenvalue weighted by molar-refractivity contribution is 6.38. The van der Waals surface area contributed by atoms with Gasteiger partial charge in [-0.3, -0.25) is 4.40 Å². The van der Waals surface area contributed by atoms with Gasteiger partial charge in [-0.2, -0.15) is 0 Å². The molecule has 0 aliphatic heterocycles. The van der Waals surface area contributed by atoms with Crippen molar-refractivity contribution in [3.63, 3.8) is 0 Å². The van der Waals surface area contributed by atoms with Crippen molar-refractivity contribution in [3.8, 4) is 39.7 Å². The van der Waals surface area contributed by atoms with Crippen LogP contribution in [0.15, 0.2) is 406 Å². The van der Waals surface area contributed by atoms with Crippen LogP contribution in [0.1, 0.15) is 79.5 Å². The SMILES string of the molecule is CC(C)(C)c1cc2c3c4ccccc4n(-c4ccccc4)c3cc3c4cc5c(cc4n1c32)c1cc2c(c3ccccc3n2-c2ccccc2)c2cc(C(C)(C)C)n5c12.CC(C)(C)c1nc2cc3c(c4ccccc4n3-c3ccccc3)c3c4cc5c6ccccc6n(-c6ccccc6)c5cc4n1c23.c1ccc(-c2cc3cc4c(c5ccccc5n4-c4ccccc4)c4c5cc6ccccc6cc5n2c34)cc1. The highest BCUT2D eigenvalue weighted by Crippen LogP contribution is 2.55. The number of benzene rings is 19. The third kappa shape index (κ3) is 11.0. The molecule has 0 spiro atoms. The van der Waals surface area contributed by atoms with E-state index in [4.69, 9.17) is 4.98 Å². The summed E-state index contributed by atoms with van der Waals surface area (Å²) in [6.45, 7) is 21.0. The van der Waals surface area contributed by atoms with E-state index in [1.165, 1.54) is 269 Å². The van der Waals surface area contributed by atoms with Gasteiger partial charge >= 0.3 is 0 Å². The summed E-state index contributed by atoms with van der Waals surface area (Å²) in [4.78, 5) is 5.40. The Morgan fingerprint density at radius 1 is 0.177 bits per heavy atom. The molecule has 668 valence electrons. The van der Waals surface area contributed by atoms with E-state index >= 15 is 0 Å². The zero-order valence-electron chi connectivity index (χ0n) is 79.7. The van der Waals surface area contributed by atoms with Crippen molar-refractivity contribution in [1.29, 1.82) is 0 Å². The topological polar surface area (TPSA) is 55.2 Å². The first-order valence-corrected chi connectivity index (χ1v) is 49.4. The Morgan fingerprint density at radius 3 is 0.943 bits per heavy atom. The highest BCUT2D eigenvalue weighted by Gasteiger charge is 2.35. The molecule has 0 bridgehead atoms. The maximum Gasteiger partial charge on any atom is 0.119 e. The average Bonchev–Trinajstić information content (AvgIpc) is 1.50. The molecule has 0 aliphatic carbocycles. The van der Waals surface area contributed by atoms with Crippen molar-refractivity contribution in [1.82, 2.24) is 45.4 Å². The summed E-state index contributed by atoms with van der Waals surface area (Å²) >= 11 is 0. The van der Waals surface area contributed by atoms with Crippen molar-refractivity contribution >= 4 is 229 Å². The number of fused-ring (bicyclic) bond motifs is 32. The van der Waals surface area contributed by atoms with Crippen molar-refractivity contribution in [2.75, 3.05) is 0 Å². The van der Waals surface area contributed by atoms with Crippen LogP contribution < -0.4 is 0 Å². The number of hydrogen-bond donors (Lipinski definition) is 0. The minimum Gasteiger partial charge on any atom is -0.312 e. The molecule has 13 aromatic heterocycles. The summed E-state index contributed by atoms with van der Waals surface area (Å²) in [5.74, 6) is 1.09. The largest absolute Gasteiger partial charge is 0.312 e. The van der Waals surface area contributed by atoms with Crippen LogP contribution in [0, 0.1) is 0 Å². The molecule has 13 heterocycles. The molecule has 0 radical (unpaired) electrons. The van der Waals surface area contributed by atoms with Gasteiger partial charge in [-0.15, -0.1) is 0 Å². The number of rotatable bonds is 6. The molecular weight excluding hydrogens is 1710 g/mol. The molecule has 32 rings (SSSR count). The average molecular weight is 1810 g/mol. The van der Waals surface area contributed by atoms with E-state index in [-0.39, 0.29) is 16.2 Å². The molecule has 0 saturated carbocycles. The van der Waals surface area contributed by atoms with Crippen molar-refractivity contribution < 1.29 is 0 Å². The Balaban J connectivity index is 0.000000102. The molecule has 19 aromatic carbocycles. The molecular formula is C131H94N10. The monoisotopic (exact) mass is 1810 g/mol. The van der Waals surface area contributed by atoms with Gasteiger partial charge in [0.25, 0.3) is 0 Å². The van der Waals surface area contributed by atoms with E-state index < -0.39 is 0 Å². The molecule has 0 saturated heterocycles. The van der Waals surface area contributed by atoms with Gasteiger partial charge < -0.3 is 36.0 Å². The lowest BCUT2D eigenvalue weighted by Gasteiger charge is -2.19. The van der Waals surface area contributed by atoms with Gasteiger partial charge in [0.15, 0.2) is 0 Å². The Hall–Kier alpha value is -17.5. The van der Waals surface area contributed by atoms with Crippen molar-refractivity contribution in [2.45, 2.75) is 78.6 Å². The fourth-order valence-corrected chi connectivity index (χ4v) is 25.2. The smallest absolute Gasteiger partial charge is 0.119 e. The molecule has 32 aromatic rings. The van der Waals surface area contributed by atoms with E-state index in [1.54, 1.807) is 0 Å². The van der Waals surface area contributed by atoms with E-state index in [2.05, 4.69) is 509 Å². The minimum absolute atomic E-state index is 0.0888. The van der Waals surface area contributed by atoms with Gasteiger partial charge in [-0.05, 0) is 186 Å². The van der Waals surface area contributed by atoms with E-state index in [1.807, 2.05) is 0 Å². The van der Waals surface area contributed by atoms with Crippen LogP contribution >= 0.6 is 0 Å². The highest BCUT2D eigenvalue weighted by atomic mass is 15.1. The first-order valence-electron chi connectivity index (χ1n) is 49.4. The van der Waals surface area contributed by atoms with Crippen LogP contribution in [0.3, 0.4) is 0 Å². The summed E-state index contributed by atoms with van der Waals surface area (Å²) in [5, 5.41) is 29.8. The predicted octanol–water partition coefficient (Wildman–Crippen LogP) is 34.6. The predicted molar refractivity (Wildman–Crippen MR) is 596 cm³/mol. The second kappa shape index (κ2) is 28.6. The zero-order chi connectivity index (χ0) is 93.8. The van der Waals surface area contributed by atoms with E-state index in [9.17, 15) is 0 Å². The van der Waals surface area contributed by atoms with Crippen molar-refractivity contribution in [3.05, 3.63) is 424 Å². The molecule has 0 N–H and O–H groups in total. The molecule has 0 amide bonds. The lowest BCUT2D eigenvalue weighted by molar-refractivity contribution is 0.547. The van der Waals surface area contributed by atoms with E-state index in [0.717, 1.165) is 17.0 Å². The maximum absolute atomic E-state index is 5.40. The molecule has 0 fully saturated rings. The molecule has 0 aliphatic rings. The van der Waals surface area contributed by atoms with Gasteiger partial charge in [0.05, 0.1) is 111 Å². The maximum atomic E-state index is 5.40. The summed E-state index contributed by atoms with van der Waals surface area (Å²) in [6, 6.07) is 150. The van der Waals surface area contributed by atoms with Crippen LogP contribution in [-0.4, -0.2) is 45.4 Å². The molecule has 10 nitrogen and oxygen atoms in total. The molecule has 141 heavy (non-hydrogen) atoms. The Kier molecular flexibility index (Phi) is 16.2. The molecule has 0 unspecified atom stereocenters. The lowest BCUT2D eigenvalue weighted by Crippen LogP contribution is -2.15. The first kappa shape index (κ1) is 79.7. The summed E-state index contributed by atoms with van der Waals surface area (Å²) in [7, 11) is 0. The lowest BCUT2D eigenvalue weighted by atomic mass is 9.91. The third-order valence-electron chi connectivity index (χ3n) is 30.9. The Bertz CT molecular complexity index is 10600. The van der Waals surface area contributed by atoms with Crippen LogP contribution in [-0.2, 0) is 16.2 Å². The second-order valence-corrected chi connectivity index (χ2v) is 42.2. The van der Waals surface area contributed by atoms with E-state index in [0.29, 0.717) is 0 Å². The number of nitrogens with zero attached hydrogens (tertiary/aromatic N) is 10. The number of imidazole rings is 1.